The molecule has 0 unspecified atom stereocenters. The smallest absolute Gasteiger partial charge is 0.224 e. The fraction of sp³-hybridized carbons (Fsp3) is 0.273. The third-order valence-corrected chi connectivity index (χ3v) is 2.28. The Kier molecular flexibility index (Phi) is 4.96. The summed E-state index contributed by atoms with van der Waals surface area (Å²) < 4.78 is 26.1. The molecule has 0 aliphatic carbocycles. The topological polar surface area (TPSA) is 55.1 Å². The summed E-state index contributed by atoms with van der Waals surface area (Å²) in [5, 5.41) is 2.51. The first-order chi connectivity index (χ1) is 8.00. The Hall–Kier alpha value is -1.56. The molecule has 17 heavy (non-hydrogen) atoms. The minimum atomic E-state index is -0.989. The van der Waals surface area contributed by atoms with E-state index in [1.165, 1.54) is 12.1 Å². The standard InChI is InChI=1S/C11H12F2N2OS/c12-8-3-1-2-7(11(8)13)6-10(16)15-5-4-9(14)17/h1-3H,4-6H2,(H2,14,17)(H,15,16). The minimum absolute atomic E-state index is 0.0258. The number of thiocarbonyl (C=S) groups is 1. The average Bonchev–Trinajstić information content (AvgIpc) is 2.24. The zero-order valence-electron chi connectivity index (χ0n) is 9.00. The molecule has 0 aliphatic rings. The van der Waals surface area contributed by atoms with Crippen LogP contribution in [0.1, 0.15) is 12.0 Å². The van der Waals surface area contributed by atoms with Crippen molar-refractivity contribution in [2.24, 2.45) is 5.73 Å². The zero-order chi connectivity index (χ0) is 12.8. The second-order valence-corrected chi connectivity index (χ2v) is 3.98. The maximum Gasteiger partial charge on any atom is 0.224 e. The first-order valence-electron chi connectivity index (χ1n) is 4.98. The van der Waals surface area contributed by atoms with Crippen molar-refractivity contribution in [1.82, 2.24) is 5.32 Å². The predicted octanol–water partition coefficient (Wildman–Crippen LogP) is 1.30. The molecule has 0 fully saturated rings. The zero-order valence-corrected chi connectivity index (χ0v) is 9.82. The molecule has 6 heteroatoms. The summed E-state index contributed by atoms with van der Waals surface area (Å²) in [7, 11) is 0. The summed E-state index contributed by atoms with van der Waals surface area (Å²) in [6.07, 6.45) is 0.174. The Morgan fingerprint density at radius 3 is 2.76 bits per heavy atom. The van der Waals surface area contributed by atoms with Gasteiger partial charge in [0.25, 0.3) is 0 Å². The van der Waals surface area contributed by atoms with Gasteiger partial charge in [0.05, 0.1) is 11.4 Å². The molecule has 0 atom stereocenters. The Morgan fingerprint density at radius 1 is 1.41 bits per heavy atom. The number of benzene rings is 1. The van der Waals surface area contributed by atoms with Crippen molar-refractivity contribution < 1.29 is 13.6 Å². The van der Waals surface area contributed by atoms with Crippen LogP contribution < -0.4 is 11.1 Å². The molecule has 1 aromatic carbocycles. The van der Waals surface area contributed by atoms with Gasteiger partial charge in [0.15, 0.2) is 11.6 Å². The monoisotopic (exact) mass is 258 g/mol. The largest absolute Gasteiger partial charge is 0.393 e. The van der Waals surface area contributed by atoms with Crippen molar-refractivity contribution in [3.8, 4) is 0 Å². The molecule has 0 aliphatic heterocycles. The van der Waals surface area contributed by atoms with Crippen LogP contribution in [0.25, 0.3) is 0 Å². The van der Waals surface area contributed by atoms with Crippen LogP contribution in [0.4, 0.5) is 8.78 Å². The molecule has 1 amide bonds. The minimum Gasteiger partial charge on any atom is -0.393 e. The van der Waals surface area contributed by atoms with Gasteiger partial charge in [-0.05, 0) is 6.07 Å². The number of nitrogens with one attached hydrogen (secondary N) is 1. The van der Waals surface area contributed by atoms with E-state index >= 15 is 0 Å². The quantitative estimate of drug-likeness (QED) is 0.783. The van der Waals surface area contributed by atoms with Crippen LogP contribution in [0.2, 0.25) is 0 Å². The lowest BCUT2D eigenvalue weighted by atomic mass is 10.1. The van der Waals surface area contributed by atoms with Gasteiger partial charge in [0.1, 0.15) is 0 Å². The average molecular weight is 258 g/mol. The van der Waals surface area contributed by atoms with Crippen LogP contribution in [0, 0.1) is 11.6 Å². The Balaban J connectivity index is 2.51. The van der Waals surface area contributed by atoms with Crippen LogP contribution in [-0.2, 0) is 11.2 Å². The predicted molar refractivity (Wildman–Crippen MR) is 64.5 cm³/mol. The number of hydrogen-bond acceptors (Lipinski definition) is 2. The fourth-order valence-corrected chi connectivity index (χ4v) is 1.35. The molecule has 0 radical (unpaired) electrons. The normalized spacial score (nSPS) is 10.0. The van der Waals surface area contributed by atoms with Gasteiger partial charge in [-0.15, -0.1) is 0 Å². The molecule has 3 N–H and O–H groups in total. The lowest BCUT2D eigenvalue weighted by Gasteiger charge is -2.05. The van der Waals surface area contributed by atoms with E-state index in [0.29, 0.717) is 18.0 Å². The lowest BCUT2D eigenvalue weighted by molar-refractivity contribution is -0.120. The van der Waals surface area contributed by atoms with Crippen molar-refractivity contribution >= 4 is 23.1 Å². The van der Waals surface area contributed by atoms with E-state index in [-0.39, 0.29) is 12.0 Å². The number of amides is 1. The van der Waals surface area contributed by atoms with Crippen LogP contribution in [0.3, 0.4) is 0 Å². The second-order valence-electron chi connectivity index (χ2n) is 3.46. The van der Waals surface area contributed by atoms with Crippen LogP contribution >= 0.6 is 12.2 Å². The number of halogens is 2. The van der Waals surface area contributed by atoms with E-state index in [1.54, 1.807) is 0 Å². The van der Waals surface area contributed by atoms with Gasteiger partial charge in [-0.1, -0.05) is 24.4 Å². The van der Waals surface area contributed by atoms with Crippen molar-refractivity contribution in [2.45, 2.75) is 12.8 Å². The van der Waals surface area contributed by atoms with E-state index in [2.05, 4.69) is 17.5 Å². The fourth-order valence-electron chi connectivity index (χ4n) is 1.25. The summed E-state index contributed by atoms with van der Waals surface area (Å²) in [5.74, 6) is -2.35. The molecule has 1 aromatic rings. The highest BCUT2D eigenvalue weighted by atomic mass is 32.1. The van der Waals surface area contributed by atoms with Gasteiger partial charge in [-0.2, -0.15) is 0 Å². The van der Waals surface area contributed by atoms with Gasteiger partial charge in [-0.3, -0.25) is 4.79 Å². The molecule has 0 saturated carbocycles. The maximum atomic E-state index is 13.2. The number of carbonyl (C=O) groups excluding carboxylic acids is 1. The summed E-state index contributed by atoms with van der Waals surface area (Å²) in [6.45, 7) is 0.297. The number of rotatable bonds is 5. The summed E-state index contributed by atoms with van der Waals surface area (Å²) in [6, 6.07) is 3.73. The summed E-state index contributed by atoms with van der Waals surface area (Å²) >= 11 is 4.63. The van der Waals surface area contributed by atoms with Crippen molar-refractivity contribution in [1.29, 1.82) is 0 Å². The van der Waals surface area contributed by atoms with Crippen molar-refractivity contribution in [3.05, 3.63) is 35.4 Å². The van der Waals surface area contributed by atoms with E-state index in [0.717, 1.165) is 6.07 Å². The molecule has 0 aromatic heterocycles. The molecule has 92 valence electrons. The van der Waals surface area contributed by atoms with Crippen LogP contribution in [-0.4, -0.2) is 17.4 Å². The SMILES string of the molecule is NC(=S)CCNC(=O)Cc1cccc(F)c1F. The van der Waals surface area contributed by atoms with Gasteiger partial charge in [-0.25, -0.2) is 8.78 Å². The summed E-state index contributed by atoms with van der Waals surface area (Å²) in [4.78, 5) is 11.7. The number of carbonyl (C=O) groups is 1. The molecule has 0 bridgehead atoms. The Labute approximate surface area is 103 Å². The van der Waals surface area contributed by atoms with Gasteiger partial charge in [0.2, 0.25) is 5.91 Å². The van der Waals surface area contributed by atoms with E-state index in [4.69, 9.17) is 5.73 Å². The van der Waals surface area contributed by atoms with Gasteiger partial charge >= 0.3 is 0 Å². The lowest BCUT2D eigenvalue weighted by Crippen LogP contribution is -2.28. The first-order valence-corrected chi connectivity index (χ1v) is 5.39. The molecule has 0 heterocycles. The second kappa shape index (κ2) is 6.24. The Morgan fingerprint density at radius 2 is 2.12 bits per heavy atom. The molecule has 0 saturated heterocycles. The molecule has 1 rings (SSSR count). The summed E-state index contributed by atoms with van der Waals surface area (Å²) in [5.41, 5.74) is 5.27. The molecule has 3 nitrogen and oxygen atoms in total. The maximum absolute atomic E-state index is 13.2. The highest BCUT2D eigenvalue weighted by molar-refractivity contribution is 7.80. The van der Waals surface area contributed by atoms with E-state index in [1.807, 2.05) is 0 Å². The Bertz CT molecular complexity index is 437. The van der Waals surface area contributed by atoms with Crippen LogP contribution in [0.5, 0.6) is 0 Å². The first kappa shape index (κ1) is 13.5. The number of hydrogen-bond donors (Lipinski definition) is 2. The third-order valence-electron chi connectivity index (χ3n) is 2.08. The van der Waals surface area contributed by atoms with Crippen LogP contribution in [0.15, 0.2) is 18.2 Å². The number of nitrogens with two attached hydrogens (primary N) is 1. The van der Waals surface area contributed by atoms with Gasteiger partial charge < -0.3 is 11.1 Å². The van der Waals surface area contributed by atoms with E-state index < -0.39 is 17.5 Å². The van der Waals surface area contributed by atoms with E-state index in [9.17, 15) is 13.6 Å². The van der Waals surface area contributed by atoms with Crippen molar-refractivity contribution in [2.75, 3.05) is 6.54 Å². The van der Waals surface area contributed by atoms with Gasteiger partial charge in [0, 0.05) is 18.5 Å². The highest BCUT2D eigenvalue weighted by Gasteiger charge is 2.11. The molecular formula is C11H12F2N2OS. The highest BCUT2D eigenvalue weighted by Crippen LogP contribution is 2.11. The molecular weight excluding hydrogens is 246 g/mol. The third kappa shape index (κ3) is 4.44. The van der Waals surface area contributed by atoms with Crippen molar-refractivity contribution in [3.63, 3.8) is 0 Å². The molecule has 0 spiro atoms.